The van der Waals surface area contributed by atoms with Crippen molar-refractivity contribution >= 4 is 16.6 Å². The number of nitrogens with two attached hydrogens (primary N) is 1. The quantitative estimate of drug-likeness (QED) is 0.769. The van der Waals surface area contributed by atoms with Crippen LogP contribution in [0.1, 0.15) is 18.5 Å². The lowest BCUT2D eigenvalue weighted by Crippen LogP contribution is -2.17. The number of aryl methyl sites for hydroxylation is 1. The zero-order chi connectivity index (χ0) is 11.1. The smallest absolute Gasteiger partial charge is 0.0713 e. The van der Waals surface area contributed by atoms with Gasteiger partial charge in [0.25, 0.3) is 0 Å². The second-order valence-electron chi connectivity index (χ2n) is 4.63. The second kappa shape index (κ2) is 3.52. The number of rotatable bonds is 3. The van der Waals surface area contributed by atoms with Crippen LogP contribution < -0.4 is 11.1 Å². The van der Waals surface area contributed by atoms with E-state index in [-0.39, 0.29) is 0 Å². The summed E-state index contributed by atoms with van der Waals surface area (Å²) >= 11 is 0. The Bertz CT molecular complexity index is 523. The Kier molecular flexibility index (Phi) is 2.14. The van der Waals surface area contributed by atoms with Crippen molar-refractivity contribution in [1.82, 2.24) is 9.88 Å². The summed E-state index contributed by atoms with van der Waals surface area (Å²) in [5.74, 6) is 0. The minimum absolute atomic E-state index is 0.746. The van der Waals surface area contributed by atoms with Gasteiger partial charge >= 0.3 is 0 Å². The van der Waals surface area contributed by atoms with Crippen LogP contribution in [0, 0.1) is 0 Å². The van der Waals surface area contributed by atoms with Crippen LogP contribution in [-0.2, 0) is 13.6 Å². The van der Waals surface area contributed by atoms with E-state index in [1.807, 2.05) is 12.1 Å². The number of benzene rings is 1. The summed E-state index contributed by atoms with van der Waals surface area (Å²) in [6, 6.07) is 9.05. The molecule has 16 heavy (non-hydrogen) atoms. The fraction of sp³-hybridized carbons (Fsp3) is 0.385. The molecule has 3 heteroatoms. The molecule has 0 bridgehead atoms. The molecule has 1 saturated carbocycles. The predicted octanol–water partition coefficient (Wildman–Crippen LogP) is 2.01. The monoisotopic (exact) mass is 215 g/mol. The average Bonchev–Trinajstić information content (AvgIpc) is 3.02. The van der Waals surface area contributed by atoms with Crippen LogP contribution in [0.15, 0.2) is 24.3 Å². The van der Waals surface area contributed by atoms with E-state index in [9.17, 15) is 0 Å². The summed E-state index contributed by atoms with van der Waals surface area (Å²) in [6.45, 7) is 0.940. The maximum Gasteiger partial charge on any atom is 0.0713 e. The Morgan fingerprint density at radius 1 is 1.44 bits per heavy atom. The maximum absolute atomic E-state index is 6.00. The first-order valence-corrected chi connectivity index (χ1v) is 5.82. The lowest BCUT2D eigenvalue weighted by molar-refractivity contribution is 0.655. The molecular weight excluding hydrogens is 198 g/mol. The van der Waals surface area contributed by atoms with Gasteiger partial charge < -0.3 is 15.6 Å². The summed E-state index contributed by atoms with van der Waals surface area (Å²) in [6.07, 6.45) is 2.65. The van der Waals surface area contributed by atoms with Crippen molar-refractivity contribution in [2.75, 3.05) is 5.73 Å². The first-order valence-electron chi connectivity index (χ1n) is 5.82. The van der Waals surface area contributed by atoms with Crippen molar-refractivity contribution in [3.63, 3.8) is 0 Å². The highest BCUT2D eigenvalue weighted by molar-refractivity contribution is 5.91. The van der Waals surface area contributed by atoms with Crippen molar-refractivity contribution in [2.45, 2.75) is 25.4 Å². The fourth-order valence-corrected chi connectivity index (χ4v) is 2.21. The molecule has 0 unspecified atom stereocenters. The third-order valence-corrected chi connectivity index (χ3v) is 3.34. The number of nitrogens with zero attached hydrogens (tertiary/aromatic N) is 1. The van der Waals surface area contributed by atoms with Crippen LogP contribution in [0.3, 0.4) is 0 Å². The summed E-state index contributed by atoms with van der Waals surface area (Å²) < 4.78 is 2.19. The molecule has 0 spiro atoms. The third-order valence-electron chi connectivity index (χ3n) is 3.34. The lowest BCUT2D eigenvalue weighted by atomic mass is 10.2. The van der Waals surface area contributed by atoms with Gasteiger partial charge in [-0.2, -0.15) is 0 Å². The molecule has 1 aromatic carbocycles. The highest BCUT2D eigenvalue weighted by atomic mass is 15.0. The van der Waals surface area contributed by atoms with E-state index in [2.05, 4.69) is 29.1 Å². The third kappa shape index (κ3) is 1.57. The molecule has 3 nitrogen and oxygen atoms in total. The minimum Gasteiger partial charge on any atom is -0.397 e. The van der Waals surface area contributed by atoms with Crippen molar-refractivity contribution in [2.24, 2.45) is 7.05 Å². The molecule has 1 aliphatic carbocycles. The largest absolute Gasteiger partial charge is 0.397 e. The molecule has 1 aliphatic rings. The zero-order valence-corrected chi connectivity index (χ0v) is 9.53. The van der Waals surface area contributed by atoms with Gasteiger partial charge in [0, 0.05) is 30.7 Å². The van der Waals surface area contributed by atoms with E-state index in [1.165, 1.54) is 23.9 Å². The Balaban J connectivity index is 1.98. The van der Waals surface area contributed by atoms with Gasteiger partial charge in [0.1, 0.15) is 0 Å². The first-order chi connectivity index (χ1) is 7.75. The van der Waals surface area contributed by atoms with E-state index >= 15 is 0 Å². The molecule has 1 heterocycles. The number of aromatic nitrogens is 1. The lowest BCUT2D eigenvalue weighted by Gasteiger charge is -2.06. The highest BCUT2D eigenvalue weighted by Crippen LogP contribution is 2.25. The molecule has 0 amide bonds. The van der Waals surface area contributed by atoms with Gasteiger partial charge in [-0.1, -0.05) is 12.1 Å². The Labute approximate surface area is 95.2 Å². The molecule has 3 N–H and O–H groups in total. The standard InChI is InChI=1S/C13H17N3/c1-16-11(8-15-10-5-6-10)7-9-3-2-4-12(14)13(9)16/h2-4,7,10,15H,5-6,8,14H2,1H3. The van der Waals surface area contributed by atoms with E-state index in [1.54, 1.807) is 0 Å². The zero-order valence-electron chi connectivity index (χ0n) is 9.53. The number of hydrogen-bond acceptors (Lipinski definition) is 2. The molecule has 3 rings (SSSR count). The SMILES string of the molecule is Cn1c(CNC2CC2)cc2cccc(N)c21. The van der Waals surface area contributed by atoms with Gasteiger partial charge in [0.15, 0.2) is 0 Å². The number of anilines is 1. The Hall–Kier alpha value is -1.48. The predicted molar refractivity (Wildman–Crippen MR) is 67.2 cm³/mol. The van der Waals surface area contributed by atoms with Crippen LogP contribution >= 0.6 is 0 Å². The maximum atomic E-state index is 6.00. The summed E-state index contributed by atoms with van der Waals surface area (Å²) in [7, 11) is 2.09. The molecule has 2 aromatic rings. The highest BCUT2D eigenvalue weighted by Gasteiger charge is 2.20. The molecule has 0 aliphatic heterocycles. The average molecular weight is 215 g/mol. The van der Waals surface area contributed by atoms with Gasteiger partial charge in [0.2, 0.25) is 0 Å². The van der Waals surface area contributed by atoms with E-state index in [0.717, 1.165) is 23.8 Å². The van der Waals surface area contributed by atoms with Gasteiger partial charge in [-0.3, -0.25) is 0 Å². The van der Waals surface area contributed by atoms with Crippen LogP contribution in [0.4, 0.5) is 5.69 Å². The van der Waals surface area contributed by atoms with E-state index in [4.69, 9.17) is 5.73 Å². The molecule has 84 valence electrons. The number of fused-ring (bicyclic) bond motifs is 1. The Morgan fingerprint density at radius 3 is 2.94 bits per heavy atom. The van der Waals surface area contributed by atoms with Gasteiger partial charge in [-0.25, -0.2) is 0 Å². The van der Waals surface area contributed by atoms with Crippen molar-refractivity contribution in [1.29, 1.82) is 0 Å². The van der Waals surface area contributed by atoms with Crippen LogP contribution in [0.5, 0.6) is 0 Å². The number of nitrogen functional groups attached to an aromatic ring is 1. The van der Waals surface area contributed by atoms with E-state index < -0.39 is 0 Å². The minimum atomic E-state index is 0.746. The molecule has 0 saturated heterocycles. The van der Waals surface area contributed by atoms with Crippen molar-refractivity contribution < 1.29 is 0 Å². The van der Waals surface area contributed by atoms with Crippen LogP contribution in [0.2, 0.25) is 0 Å². The van der Waals surface area contributed by atoms with E-state index in [0.29, 0.717) is 0 Å². The van der Waals surface area contributed by atoms with Crippen molar-refractivity contribution in [3.8, 4) is 0 Å². The van der Waals surface area contributed by atoms with Gasteiger partial charge in [-0.05, 0) is 25.0 Å². The van der Waals surface area contributed by atoms with Crippen LogP contribution in [0.25, 0.3) is 10.9 Å². The summed E-state index contributed by atoms with van der Waals surface area (Å²) in [5, 5.41) is 4.76. The summed E-state index contributed by atoms with van der Waals surface area (Å²) in [5.41, 5.74) is 9.31. The molecule has 1 fully saturated rings. The molecule has 0 atom stereocenters. The topological polar surface area (TPSA) is 43.0 Å². The summed E-state index contributed by atoms with van der Waals surface area (Å²) in [4.78, 5) is 0. The Morgan fingerprint density at radius 2 is 2.25 bits per heavy atom. The van der Waals surface area contributed by atoms with Gasteiger partial charge in [0.05, 0.1) is 11.2 Å². The first kappa shape index (κ1) is 9.73. The van der Waals surface area contributed by atoms with Crippen LogP contribution in [-0.4, -0.2) is 10.6 Å². The number of hydrogen-bond donors (Lipinski definition) is 2. The fourth-order valence-electron chi connectivity index (χ4n) is 2.21. The normalized spacial score (nSPS) is 15.8. The molecule has 1 aromatic heterocycles. The number of nitrogens with one attached hydrogen (secondary N) is 1. The molecule has 0 radical (unpaired) electrons. The molecular formula is C13H17N3. The van der Waals surface area contributed by atoms with Crippen molar-refractivity contribution in [3.05, 3.63) is 30.0 Å². The van der Waals surface area contributed by atoms with Gasteiger partial charge in [-0.15, -0.1) is 0 Å². The second-order valence-corrected chi connectivity index (χ2v) is 4.63. The number of para-hydroxylation sites is 1.